The molecule has 0 aromatic heterocycles. The number of hydrogen-bond acceptors (Lipinski definition) is 20. The van der Waals surface area contributed by atoms with Crippen molar-refractivity contribution in [3.05, 3.63) is 0 Å². The Hall–Kier alpha value is -4.40. The van der Waals surface area contributed by atoms with Crippen LogP contribution >= 0.6 is 0 Å². The highest BCUT2D eigenvalue weighted by atomic mass is 16.8. The number of carbonyl (C=O) groups excluding carboxylic acids is 8. The summed E-state index contributed by atoms with van der Waals surface area (Å²) in [5.74, 6) is -4.62. The van der Waals surface area contributed by atoms with Crippen LogP contribution in [-0.4, -0.2) is 136 Å². The molecule has 20 heteroatoms. The second kappa shape index (κ2) is 20.4. The summed E-state index contributed by atoms with van der Waals surface area (Å²) in [5.41, 5.74) is -0.328. The molecule has 0 bridgehead atoms. The van der Waals surface area contributed by atoms with Gasteiger partial charge in [0.15, 0.2) is 61.4 Å². The van der Waals surface area contributed by atoms with E-state index in [0.717, 1.165) is 80.4 Å². The Morgan fingerprint density at radius 3 is 1.38 bits per heavy atom. The SMILES string of the molecule is COC(=O)C1OC(O[C@H]2CC[C@H]3[C@@H](CC[C@@H]4[C@@H]3CC[C@]3(C)[C@H](OC5OC(C(=O)OC)C(OC(C)=O)C(OC(C)=O)C5OC(C)=O)CC[C@@H]43)C2)C(OC(C)=O)C(OC(C)=O)C1OC(C)=O. The lowest BCUT2D eigenvalue weighted by Gasteiger charge is -2.56. The molecule has 64 heavy (non-hydrogen) atoms. The van der Waals surface area contributed by atoms with Crippen LogP contribution in [0.4, 0.5) is 0 Å². The topological polar surface area (TPSA) is 247 Å². The molecule has 2 aliphatic heterocycles. The van der Waals surface area contributed by atoms with E-state index in [1.807, 2.05) is 0 Å². The molecule has 2 heterocycles. The summed E-state index contributed by atoms with van der Waals surface area (Å²) in [7, 11) is 2.27. The van der Waals surface area contributed by atoms with Gasteiger partial charge in [-0.05, 0) is 92.8 Å². The molecule has 0 N–H and O–H groups in total. The molecule has 358 valence electrons. The lowest BCUT2D eigenvalue weighted by Crippen LogP contribution is -2.64. The van der Waals surface area contributed by atoms with Gasteiger partial charge in [-0.15, -0.1) is 0 Å². The van der Waals surface area contributed by atoms with Crippen molar-refractivity contribution in [3.63, 3.8) is 0 Å². The molecule has 10 unspecified atom stereocenters. The van der Waals surface area contributed by atoms with E-state index < -0.39 is 115 Å². The highest BCUT2D eigenvalue weighted by Gasteiger charge is 2.62. The van der Waals surface area contributed by atoms with Crippen LogP contribution in [0.2, 0.25) is 0 Å². The van der Waals surface area contributed by atoms with Crippen LogP contribution in [0.15, 0.2) is 0 Å². The Morgan fingerprint density at radius 1 is 0.469 bits per heavy atom. The fraction of sp³-hybridized carbons (Fsp3) is 0.818. The monoisotopic (exact) mass is 910 g/mol. The van der Waals surface area contributed by atoms with Crippen molar-refractivity contribution in [1.29, 1.82) is 0 Å². The molecule has 20 nitrogen and oxygen atoms in total. The first kappa shape index (κ1) is 49.0. The van der Waals surface area contributed by atoms with Gasteiger partial charge in [-0.25, -0.2) is 9.59 Å². The summed E-state index contributed by atoms with van der Waals surface area (Å²) >= 11 is 0. The van der Waals surface area contributed by atoms with Crippen molar-refractivity contribution in [2.75, 3.05) is 14.2 Å². The Balaban J connectivity index is 1.16. The van der Waals surface area contributed by atoms with Crippen molar-refractivity contribution >= 4 is 47.8 Å². The average Bonchev–Trinajstić information content (AvgIpc) is 3.55. The third kappa shape index (κ3) is 10.5. The van der Waals surface area contributed by atoms with Crippen LogP contribution in [-0.2, 0) is 95.2 Å². The fourth-order valence-electron chi connectivity index (χ4n) is 11.8. The van der Waals surface area contributed by atoms with Crippen LogP contribution in [0.3, 0.4) is 0 Å². The van der Waals surface area contributed by atoms with Crippen molar-refractivity contribution in [1.82, 2.24) is 0 Å². The second-order valence-electron chi connectivity index (χ2n) is 18.1. The van der Waals surface area contributed by atoms with E-state index in [2.05, 4.69) is 6.92 Å². The largest absolute Gasteiger partial charge is 0.467 e. The Bertz CT molecular complexity index is 1780. The van der Waals surface area contributed by atoms with E-state index in [1.54, 1.807) is 0 Å². The van der Waals surface area contributed by atoms with Crippen LogP contribution < -0.4 is 0 Å². The summed E-state index contributed by atoms with van der Waals surface area (Å²) in [6, 6.07) is 0. The Kier molecular flexibility index (Phi) is 15.6. The maximum absolute atomic E-state index is 13.1. The maximum atomic E-state index is 13.1. The van der Waals surface area contributed by atoms with Crippen LogP contribution in [0.25, 0.3) is 0 Å². The number of ether oxygens (including phenoxy) is 12. The van der Waals surface area contributed by atoms with E-state index >= 15 is 0 Å². The molecule has 6 rings (SSSR count). The zero-order valence-corrected chi connectivity index (χ0v) is 37.8. The number of carbonyl (C=O) groups is 8. The van der Waals surface area contributed by atoms with Crippen molar-refractivity contribution < 1.29 is 95.2 Å². The summed E-state index contributed by atoms with van der Waals surface area (Å²) < 4.78 is 68.5. The molecule has 0 aromatic carbocycles. The number of methoxy groups -OCH3 is 2. The van der Waals surface area contributed by atoms with Gasteiger partial charge in [0, 0.05) is 41.5 Å². The fourth-order valence-corrected chi connectivity index (χ4v) is 11.8. The lowest BCUT2D eigenvalue weighted by molar-refractivity contribution is -0.318. The summed E-state index contributed by atoms with van der Waals surface area (Å²) in [5, 5.41) is 0. The smallest absolute Gasteiger partial charge is 0.339 e. The zero-order valence-electron chi connectivity index (χ0n) is 37.8. The minimum absolute atomic E-state index is 0.273. The van der Waals surface area contributed by atoms with E-state index in [-0.39, 0.29) is 17.4 Å². The Morgan fingerprint density at radius 2 is 0.906 bits per heavy atom. The van der Waals surface area contributed by atoms with Gasteiger partial charge < -0.3 is 56.8 Å². The first-order valence-corrected chi connectivity index (χ1v) is 22.1. The highest BCUT2D eigenvalue weighted by Crippen LogP contribution is 2.63. The van der Waals surface area contributed by atoms with Gasteiger partial charge in [-0.2, -0.15) is 0 Å². The minimum atomic E-state index is -1.55. The minimum Gasteiger partial charge on any atom is -0.467 e. The van der Waals surface area contributed by atoms with Crippen LogP contribution in [0.1, 0.15) is 106 Å². The average molecular weight is 911 g/mol. The number of esters is 8. The van der Waals surface area contributed by atoms with Gasteiger partial charge in [0.25, 0.3) is 0 Å². The third-order valence-corrected chi connectivity index (χ3v) is 14.1. The molecular weight excluding hydrogens is 848 g/mol. The van der Waals surface area contributed by atoms with Gasteiger partial charge in [0.1, 0.15) is 0 Å². The molecule has 0 aromatic rings. The zero-order chi connectivity index (χ0) is 46.8. The number of fused-ring (bicyclic) bond motifs is 5. The number of rotatable bonds is 12. The summed E-state index contributed by atoms with van der Waals surface area (Å²) in [6.45, 7) is 9.06. The first-order valence-electron chi connectivity index (χ1n) is 22.1. The molecular formula is C44H62O20. The van der Waals surface area contributed by atoms with Gasteiger partial charge in [-0.3, -0.25) is 28.8 Å². The quantitative estimate of drug-likeness (QED) is 0.155. The van der Waals surface area contributed by atoms with Crippen molar-refractivity contribution in [2.24, 2.45) is 35.0 Å². The molecule has 0 radical (unpaired) electrons. The second-order valence-corrected chi connectivity index (χ2v) is 18.1. The molecule has 18 atom stereocenters. The normalized spacial score (nSPS) is 40.1. The van der Waals surface area contributed by atoms with E-state index in [0.29, 0.717) is 42.9 Å². The van der Waals surface area contributed by atoms with Gasteiger partial charge >= 0.3 is 47.8 Å². The lowest BCUT2D eigenvalue weighted by atomic mass is 9.50. The van der Waals surface area contributed by atoms with Crippen LogP contribution in [0, 0.1) is 35.0 Å². The molecule has 2 saturated heterocycles. The predicted octanol–water partition coefficient (Wildman–Crippen LogP) is 2.80. The van der Waals surface area contributed by atoms with E-state index in [9.17, 15) is 38.4 Å². The van der Waals surface area contributed by atoms with E-state index in [1.165, 1.54) is 13.8 Å². The molecule has 6 aliphatic rings. The Labute approximate surface area is 371 Å². The predicted molar refractivity (Wildman–Crippen MR) is 212 cm³/mol. The summed E-state index contributed by atoms with van der Waals surface area (Å²) in [6.07, 6.45) is -7.94. The third-order valence-electron chi connectivity index (χ3n) is 14.1. The summed E-state index contributed by atoms with van der Waals surface area (Å²) in [4.78, 5) is 99.8. The van der Waals surface area contributed by atoms with E-state index in [4.69, 9.17) is 56.8 Å². The standard InChI is InChI=1S/C44H62O20/c1-19(45)55-32-34(57-21(3)47)38(59-23(5)49)42(63-36(32)40(51)53-8)61-26-11-13-27-25(18-26)10-12-29-28(27)16-17-44(7)30(29)14-15-31(44)62-43-39(60-24(6)50)35(58-22(4)48)33(56-20(2)46)37(64-43)41(52)54-9/h25-39,42-43H,10-18H2,1-9H3/t25-,26-,27-,28+,29+,30-,31+,32?,33?,34?,35?,36?,37?,38?,39?,42?,43?,44-/m0/s1. The van der Waals surface area contributed by atoms with Gasteiger partial charge in [0.05, 0.1) is 26.4 Å². The molecule has 4 aliphatic carbocycles. The molecule has 4 saturated carbocycles. The molecule has 0 amide bonds. The maximum Gasteiger partial charge on any atom is 0.339 e. The van der Waals surface area contributed by atoms with Crippen molar-refractivity contribution in [2.45, 2.75) is 180 Å². The molecule has 0 spiro atoms. The van der Waals surface area contributed by atoms with Crippen molar-refractivity contribution in [3.8, 4) is 0 Å². The van der Waals surface area contributed by atoms with Crippen LogP contribution in [0.5, 0.6) is 0 Å². The van der Waals surface area contributed by atoms with Gasteiger partial charge in [-0.1, -0.05) is 6.92 Å². The number of hydrogen-bond donors (Lipinski definition) is 0. The highest BCUT2D eigenvalue weighted by molar-refractivity contribution is 5.78. The first-order chi connectivity index (χ1) is 30.3. The molecule has 6 fully saturated rings. The van der Waals surface area contributed by atoms with Gasteiger partial charge in [0.2, 0.25) is 0 Å².